The van der Waals surface area contributed by atoms with E-state index in [0.717, 1.165) is 95.9 Å². The first-order valence-corrected chi connectivity index (χ1v) is 18.1. The van der Waals surface area contributed by atoms with Crippen molar-refractivity contribution in [3.8, 4) is 0 Å². The van der Waals surface area contributed by atoms with Gasteiger partial charge in [-0.05, 0) is 0 Å². The molecule has 42 heavy (non-hydrogen) atoms. The van der Waals surface area contributed by atoms with Gasteiger partial charge in [-0.25, -0.2) is 0 Å². The Morgan fingerprint density at radius 3 is 1.48 bits per heavy atom. The van der Waals surface area contributed by atoms with Crippen LogP contribution in [0.3, 0.4) is 0 Å². The van der Waals surface area contributed by atoms with Crippen LogP contribution in [0.1, 0.15) is 116 Å². The summed E-state index contributed by atoms with van der Waals surface area (Å²) in [6.45, 7) is 3.51. The topological polar surface area (TPSA) is 157 Å². The van der Waals surface area contributed by atoms with E-state index in [2.05, 4.69) is 16.0 Å². The predicted molar refractivity (Wildman–Crippen MR) is 167 cm³/mol. The van der Waals surface area contributed by atoms with Crippen LogP contribution in [0.15, 0.2) is 0 Å². The monoisotopic (exact) mass is 617 g/mol. The van der Waals surface area contributed by atoms with Crippen LogP contribution in [0.25, 0.3) is 0 Å². The molecule has 3 amide bonds. The first kappa shape index (κ1) is 39.6. The van der Waals surface area contributed by atoms with Gasteiger partial charge in [0.1, 0.15) is 0 Å². The van der Waals surface area contributed by atoms with Crippen LogP contribution in [0.2, 0.25) is 0 Å². The maximum atomic E-state index is 12.6. The zero-order chi connectivity index (χ0) is 31.2. The van der Waals surface area contributed by atoms with Crippen molar-refractivity contribution in [1.29, 1.82) is 0 Å². The standard InChI is InChI=1S/C30H56N3O8P/c1-2-42(41-30(39)33-22-14-8-5-11-17-25-36,27-19-29(38)32-21-13-7-4-10-16-24-35)40-26-18-28(37)31-20-12-6-3-9-15-23-34/h23-25,42H,2-22,26-27H2,1H3,(H,31,37)(H,32,38)(H,33,39). The van der Waals surface area contributed by atoms with E-state index in [1.165, 1.54) is 0 Å². The van der Waals surface area contributed by atoms with Gasteiger partial charge >= 0.3 is 248 Å². The van der Waals surface area contributed by atoms with E-state index in [0.29, 0.717) is 45.1 Å². The van der Waals surface area contributed by atoms with Gasteiger partial charge in [-0.1, -0.05) is 0 Å². The fourth-order valence-electron chi connectivity index (χ4n) is 4.28. The summed E-state index contributed by atoms with van der Waals surface area (Å²) in [5.74, 6) is -0.283. The molecule has 0 bridgehead atoms. The maximum absolute atomic E-state index is 12.6. The molecule has 0 aliphatic rings. The van der Waals surface area contributed by atoms with Gasteiger partial charge in [0.05, 0.1) is 0 Å². The van der Waals surface area contributed by atoms with Crippen LogP contribution in [-0.4, -0.2) is 75.3 Å². The summed E-state index contributed by atoms with van der Waals surface area (Å²) in [7, 11) is -3.13. The number of carbonyl (C=O) groups is 6. The van der Waals surface area contributed by atoms with Crippen molar-refractivity contribution < 1.29 is 37.8 Å². The van der Waals surface area contributed by atoms with Crippen LogP contribution < -0.4 is 16.0 Å². The zero-order valence-corrected chi connectivity index (χ0v) is 26.8. The Bertz CT molecular complexity index is 756. The zero-order valence-electron chi connectivity index (χ0n) is 25.8. The van der Waals surface area contributed by atoms with Crippen molar-refractivity contribution >= 4 is 44.5 Å². The number of carbonyl (C=O) groups excluding carboxylic acids is 6. The summed E-state index contributed by atoms with van der Waals surface area (Å²) in [6, 6.07) is 0. The van der Waals surface area contributed by atoms with E-state index in [-0.39, 0.29) is 37.4 Å². The second-order valence-electron chi connectivity index (χ2n) is 10.5. The molecule has 0 heterocycles. The van der Waals surface area contributed by atoms with Gasteiger partial charge in [0.15, 0.2) is 0 Å². The number of rotatable bonds is 30. The van der Waals surface area contributed by atoms with Crippen LogP contribution in [0, 0.1) is 0 Å². The summed E-state index contributed by atoms with van der Waals surface area (Å²) in [6.07, 6.45) is 15.5. The van der Waals surface area contributed by atoms with E-state index >= 15 is 0 Å². The minimum absolute atomic E-state index is 0.0949. The molecular formula is C30H56N3O8P. The summed E-state index contributed by atoms with van der Waals surface area (Å²) in [5, 5.41) is 8.54. The molecule has 12 heteroatoms. The molecule has 0 aliphatic carbocycles. The number of amides is 3. The van der Waals surface area contributed by atoms with Crippen molar-refractivity contribution in [2.24, 2.45) is 0 Å². The summed E-state index contributed by atoms with van der Waals surface area (Å²) in [4.78, 5) is 68.6. The van der Waals surface area contributed by atoms with Gasteiger partial charge < -0.3 is 4.79 Å². The molecule has 0 aromatic carbocycles. The normalized spacial score (nSPS) is 11.4. The number of unbranched alkanes of at least 4 members (excludes halogenated alkanes) is 12. The first-order chi connectivity index (χ1) is 20.4. The van der Waals surface area contributed by atoms with Gasteiger partial charge in [-0.2, -0.15) is 0 Å². The Hall–Kier alpha value is -2.39. The van der Waals surface area contributed by atoms with E-state index in [4.69, 9.17) is 9.05 Å². The number of aldehydes is 3. The summed E-state index contributed by atoms with van der Waals surface area (Å²) in [5.41, 5.74) is 0. The molecule has 0 aliphatic heterocycles. The van der Waals surface area contributed by atoms with Crippen molar-refractivity contribution in [1.82, 2.24) is 16.0 Å². The second-order valence-corrected chi connectivity index (χ2v) is 14.0. The average Bonchev–Trinajstić information content (AvgIpc) is 2.98. The molecule has 0 aromatic rings. The van der Waals surface area contributed by atoms with E-state index in [1.807, 2.05) is 6.92 Å². The molecule has 11 nitrogen and oxygen atoms in total. The first-order valence-electron chi connectivity index (χ1n) is 15.9. The second kappa shape index (κ2) is 28.7. The van der Waals surface area contributed by atoms with Gasteiger partial charge in [-0.3, -0.25) is 0 Å². The number of nitrogens with one attached hydrogen (secondary N) is 3. The van der Waals surface area contributed by atoms with Crippen LogP contribution in [-0.2, 0) is 33.0 Å². The molecule has 3 N–H and O–H groups in total. The molecular weight excluding hydrogens is 561 g/mol. The van der Waals surface area contributed by atoms with E-state index in [1.54, 1.807) is 0 Å². The van der Waals surface area contributed by atoms with Gasteiger partial charge in [0.25, 0.3) is 0 Å². The fraction of sp³-hybridized carbons (Fsp3) is 0.800. The van der Waals surface area contributed by atoms with Gasteiger partial charge in [0.2, 0.25) is 0 Å². The molecule has 0 saturated heterocycles. The third kappa shape index (κ3) is 24.2. The molecule has 244 valence electrons. The molecule has 0 atom stereocenters. The van der Waals surface area contributed by atoms with E-state index in [9.17, 15) is 28.8 Å². The molecule has 0 saturated carbocycles. The minimum atomic E-state index is -3.13. The van der Waals surface area contributed by atoms with Crippen LogP contribution in [0.4, 0.5) is 4.79 Å². The molecule has 0 aromatic heterocycles. The van der Waals surface area contributed by atoms with Crippen molar-refractivity contribution in [2.75, 3.05) is 38.6 Å². The number of hydrogen-bond donors (Lipinski definition) is 3. The molecule has 0 fully saturated rings. The third-order valence-corrected chi connectivity index (χ3v) is 10.3. The fourth-order valence-corrected chi connectivity index (χ4v) is 6.78. The quantitative estimate of drug-likeness (QED) is 0.0590. The third-order valence-electron chi connectivity index (χ3n) is 6.90. The average molecular weight is 618 g/mol. The SMILES string of the molecule is CC[PH](CCC(=O)NCCCCCCC=O)(OCCC(=O)NCCCCCCC=O)OC(=O)NCCCCCCC=O. The predicted octanol–water partition coefficient (Wildman–Crippen LogP) is 4.79. The van der Waals surface area contributed by atoms with Crippen molar-refractivity contribution in [2.45, 2.75) is 116 Å². The van der Waals surface area contributed by atoms with Gasteiger partial charge in [-0.15, -0.1) is 0 Å². The molecule has 0 spiro atoms. The Morgan fingerprint density at radius 2 is 1.02 bits per heavy atom. The van der Waals surface area contributed by atoms with Crippen LogP contribution in [0.5, 0.6) is 0 Å². The van der Waals surface area contributed by atoms with Crippen LogP contribution >= 0.6 is 7.72 Å². The Kier molecular flexibility index (Phi) is 27.1. The number of hydrogen-bond acceptors (Lipinski definition) is 8. The summed E-state index contributed by atoms with van der Waals surface area (Å²) < 4.78 is 12.0. The Labute approximate surface area is 252 Å². The molecule has 0 rings (SSSR count). The summed E-state index contributed by atoms with van der Waals surface area (Å²) >= 11 is 0. The molecule has 0 unspecified atom stereocenters. The van der Waals surface area contributed by atoms with E-state index < -0.39 is 13.8 Å². The molecule has 0 radical (unpaired) electrons. The Balaban J connectivity index is 4.71. The Morgan fingerprint density at radius 1 is 0.595 bits per heavy atom. The van der Waals surface area contributed by atoms with Crippen molar-refractivity contribution in [3.05, 3.63) is 0 Å². The van der Waals surface area contributed by atoms with Crippen molar-refractivity contribution in [3.63, 3.8) is 0 Å². The van der Waals surface area contributed by atoms with Gasteiger partial charge in [0, 0.05) is 0 Å².